The number of carbonyl (C=O) groups is 1. The van der Waals surface area contributed by atoms with Crippen molar-refractivity contribution < 1.29 is 9.53 Å². The first kappa shape index (κ1) is 22.7. The van der Waals surface area contributed by atoms with E-state index < -0.39 is 8.24 Å². The molecule has 1 N–H and O–H groups in total. The molecule has 0 aromatic heterocycles. The van der Waals surface area contributed by atoms with E-state index in [9.17, 15) is 4.79 Å². The third kappa shape index (κ3) is 7.02. The lowest BCUT2D eigenvalue weighted by Gasteiger charge is -2.45. The first-order valence-electron chi connectivity index (χ1n) is 8.83. The Hall–Kier alpha value is -0.263. The quantitative estimate of drug-likeness (QED) is 0.320. The Labute approximate surface area is 149 Å². The Kier molecular flexibility index (Phi) is 11.2. The minimum Gasteiger partial charge on any atom is -0.463 e. The van der Waals surface area contributed by atoms with Gasteiger partial charge in [-0.3, -0.25) is 0 Å². The lowest BCUT2D eigenvalue weighted by Crippen LogP contribution is -2.61. The normalized spacial score (nSPS) is 14.2. The van der Waals surface area contributed by atoms with Crippen LogP contribution in [0.15, 0.2) is 12.2 Å². The third-order valence-electron chi connectivity index (χ3n) is 4.69. The molecule has 0 fully saturated rings. The number of hydrogen-bond donors (Lipinski definition) is 1. The van der Waals surface area contributed by atoms with Crippen LogP contribution in [-0.2, 0) is 9.53 Å². The van der Waals surface area contributed by atoms with Crippen molar-refractivity contribution >= 4 is 26.0 Å². The van der Waals surface area contributed by atoms with E-state index in [0.717, 1.165) is 12.2 Å². The Morgan fingerprint density at radius 2 is 1.65 bits per heavy atom. The highest BCUT2D eigenvalue weighted by Crippen LogP contribution is 2.39. The van der Waals surface area contributed by atoms with Crippen molar-refractivity contribution in [3.8, 4) is 0 Å². The molecule has 0 unspecified atom stereocenters. The van der Waals surface area contributed by atoms with E-state index in [0.29, 0.717) is 23.2 Å². The maximum absolute atomic E-state index is 11.7. The van der Waals surface area contributed by atoms with E-state index in [4.69, 9.17) is 4.74 Å². The maximum Gasteiger partial charge on any atom is 0.330 e. The first-order chi connectivity index (χ1) is 10.7. The fraction of sp³-hybridized carbons (Fsp3) is 0.833. The maximum atomic E-state index is 11.7. The van der Waals surface area contributed by atoms with Gasteiger partial charge in [-0.05, 0) is 42.0 Å². The lowest BCUT2D eigenvalue weighted by molar-refractivity contribution is -0.137. The second-order valence-corrected chi connectivity index (χ2v) is 13.6. The van der Waals surface area contributed by atoms with Gasteiger partial charge >= 0.3 is 5.97 Å². The molecular formula is C18H37NO2SSi. The van der Waals surface area contributed by atoms with E-state index in [1.807, 2.05) is 24.8 Å². The zero-order valence-corrected chi connectivity index (χ0v) is 18.1. The van der Waals surface area contributed by atoms with Gasteiger partial charge in [0.05, 0.1) is 6.61 Å². The third-order valence-corrected chi connectivity index (χ3v) is 11.9. The van der Waals surface area contributed by atoms with Gasteiger partial charge < -0.3 is 9.72 Å². The average molecular weight is 360 g/mol. The van der Waals surface area contributed by atoms with Gasteiger partial charge in [-0.2, -0.15) is 11.8 Å². The van der Waals surface area contributed by atoms with Crippen molar-refractivity contribution in [2.45, 2.75) is 77.6 Å². The van der Waals surface area contributed by atoms with Gasteiger partial charge in [0.15, 0.2) is 0 Å². The predicted molar refractivity (Wildman–Crippen MR) is 107 cm³/mol. The molecule has 3 nitrogen and oxygen atoms in total. The number of carbonyl (C=O) groups excluding carboxylic acids is 1. The molecular weight excluding hydrogens is 322 g/mol. The largest absolute Gasteiger partial charge is 0.463 e. The lowest BCUT2D eigenvalue weighted by atomic mass is 10.2. The molecule has 1 atom stereocenters. The number of ether oxygens (including phenoxy) is 1. The van der Waals surface area contributed by atoms with Crippen LogP contribution < -0.4 is 4.98 Å². The minimum atomic E-state index is -1.69. The molecule has 0 spiro atoms. The van der Waals surface area contributed by atoms with E-state index in [2.05, 4.69) is 52.8 Å². The SMILES string of the molecule is CCOC(=O)/C=C\[C@H](CCSC)N[Si](C(C)C)(C(C)C)C(C)C. The smallest absolute Gasteiger partial charge is 0.330 e. The van der Waals surface area contributed by atoms with Gasteiger partial charge in [-0.1, -0.05) is 47.6 Å². The van der Waals surface area contributed by atoms with E-state index in [1.54, 1.807) is 6.08 Å². The van der Waals surface area contributed by atoms with Crippen LogP contribution in [0.3, 0.4) is 0 Å². The standard InChI is InChI=1S/C18H37NO2SSi/c1-9-21-18(20)11-10-17(12-13-22-8)19-23(14(2)3,15(4)5)16(6)7/h10-11,14-17,19H,9,12-13H2,1-8H3/b11-10-/t17-/m1/s1. The zero-order valence-electron chi connectivity index (χ0n) is 16.3. The van der Waals surface area contributed by atoms with Gasteiger partial charge in [0.1, 0.15) is 8.24 Å². The van der Waals surface area contributed by atoms with E-state index in [-0.39, 0.29) is 12.0 Å². The highest BCUT2D eigenvalue weighted by atomic mass is 32.2. The van der Waals surface area contributed by atoms with Crippen molar-refractivity contribution in [1.29, 1.82) is 0 Å². The van der Waals surface area contributed by atoms with Gasteiger partial charge in [0, 0.05) is 12.1 Å². The number of esters is 1. The summed E-state index contributed by atoms with van der Waals surface area (Å²) in [5.74, 6) is 0.846. The number of thioether (sulfide) groups is 1. The molecule has 0 aliphatic rings. The fourth-order valence-electron chi connectivity index (χ4n) is 3.67. The predicted octanol–water partition coefficient (Wildman–Crippen LogP) is 4.99. The molecule has 0 heterocycles. The highest BCUT2D eigenvalue weighted by molar-refractivity contribution is 7.98. The molecule has 0 aliphatic carbocycles. The van der Waals surface area contributed by atoms with Crippen molar-refractivity contribution in [3.05, 3.63) is 12.2 Å². The molecule has 0 radical (unpaired) electrons. The molecule has 23 heavy (non-hydrogen) atoms. The van der Waals surface area contributed by atoms with E-state index in [1.165, 1.54) is 0 Å². The molecule has 0 aromatic rings. The second-order valence-electron chi connectivity index (χ2n) is 7.04. The Bertz CT molecular complexity index is 348. The van der Waals surface area contributed by atoms with Crippen LogP contribution in [0.5, 0.6) is 0 Å². The molecule has 0 rings (SSSR count). The van der Waals surface area contributed by atoms with Gasteiger partial charge in [-0.15, -0.1) is 0 Å². The molecule has 5 heteroatoms. The number of rotatable bonds is 11. The summed E-state index contributed by atoms with van der Waals surface area (Å²) in [6, 6.07) is 0.241. The zero-order chi connectivity index (χ0) is 18.0. The molecule has 0 bridgehead atoms. The molecule has 0 saturated carbocycles. The Balaban J connectivity index is 5.32. The molecule has 0 amide bonds. The van der Waals surface area contributed by atoms with Crippen molar-refractivity contribution in [2.75, 3.05) is 18.6 Å². The number of hydrogen-bond acceptors (Lipinski definition) is 4. The van der Waals surface area contributed by atoms with Crippen molar-refractivity contribution in [1.82, 2.24) is 4.98 Å². The Morgan fingerprint density at radius 1 is 1.13 bits per heavy atom. The summed E-state index contributed by atoms with van der Waals surface area (Å²) in [6.45, 7) is 16.3. The second kappa shape index (κ2) is 11.3. The van der Waals surface area contributed by atoms with Crippen LogP contribution in [0.4, 0.5) is 0 Å². The Morgan fingerprint density at radius 3 is 2.04 bits per heavy atom. The van der Waals surface area contributed by atoms with Crippen LogP contribution in [0.25, 0.3) is 0 Å². The summed E-state index contributed by atoms with van der Waals surface area (Å²) in [6.07, 6.45) is 6.78. The highest BCUT2D eigenvalue weighted by Gasteiger charge is 2.43. The van der Waals surface area contributed by atoms with Crippen LogP contribution in [-0.4, -0.2) is 38.9 Å². The molecule has 0 aromatic carbocycles. The van der Waals surface area contributed by atoms with Gasteiger partial charge in [0.25, 0.3) is 0 Å². The van der Waals surface area contributed by atoms with E-state index >= 15 is 0 Å². The summed E-state index contributed by atoms with van der Waals surface area (Å²) in [7, 11) is -1.69. The fourth-order valence-corrected chi connectivity index (χ4v) is 10.0. The summed E-state index contributed by atoms with van der Waals surface area (Å²) in [5, 5.41) is 0. The van der Waals surface area contributed by atoms with Gasteiger partial charge in [0.2, 0.25) is 0 Å². The summed E-state index contributed by atoms with van der Waals surface area (Å²) < 4.78 is 5.02. The van der Waals surface area contributed by atoms with Crippen molar-refractivity contribution in [2.24, 2.45) is 0 Å². The minimum absolute atomic E-state index is 0.241. The summed E-state index contributed by atoms with van der Waals surface area (Å²) >= 11 is 1.85. The van der Waals surface area contributed by atoms with Crippen molar-refractivity contribution in [3.63, 3.8) is 0 Å². The first-order valence-corrected chi connectivity index (χ1v) is 12.5. The molecule has 136 valence electrons. The topological polar surface area (TPSA) is 38.3 Å². The molecule has 0 saturated heterocycles. The van der Waals surface area contributed by atoms with Crippen LogP contribution in [0.1, 0.15) is 54.9 Å². The summed E-state index contributed by atoms with van der Waals surface area (Å²) in [5.41, 5.74) is 1.95. The number of nitrogens with one attached hydrogen (secondary N) is 1. The average Bonchev–Trinajstić information content (AvgIpc) is 2.45. The van der Waals surface area contributed by atoms with Crippen LogP contribution in [0, 0.1) is 0 Å². The van der Waals surface area contributed by atoms with Crippen LogP contribution in [0.2, 0.25) is 16.6 Å². The monoisotopic (exact) mass is 359 g/mol. The molecule has 0 aliphatic heterocycles. The van der Waals surface area contributed by atoms with Crippen LogP contribution >= 0.6 is 11.8 Å². The summed E-state index contributed by atoms with van der Waals surface area (Å²) in [4.78, 5) is 15.7. The van der Waals surface area contributed by atoms with Gasteiger partial charge in [-0.25, -0.2) is 4.79 Å².